The van der Waals surface area contributed by atoms with E-state index in [0.29, 0.717) is 17.9 Å². The van der Waals surface area contributed by atoms with E-state index < -0.39 is 0 Å². The van der Waals surface area contributed by atoms with Crippen molar-refractivity contribution in [1.82, 2.24) is 19.6 Å². The van der Waals surface area contributed by atoms with E-state index in [1.54, 1.807) is 34.0 Å². The number of carbonyl (C=O) groups is 1. The molecule has 0 spiro atoms. The molecular formula is C28H25N5O2. The van der Waals surface area contributed by atoms with E-state index in [-0.39, 0.29) is 12.6 Å². The fourth-order valence-corrected chi connectivity index (χ4v) is 3.78. The fraction of sp³-hybridized carbons (Fsp3) is 0.107. The van der Waals surface area contributed by atoms with Gasteiger partial charge in [-0.25, -0.2) is 4.68 Å². The Balaban J connectivity index is 1.15. The maximum atomic E-state index is 12.6. The first-order valence-corrected chi connectivity index (χ1v) is 11.3. The minimum atomic E-state index is -0.300. The molecule has 0 fully saturated rings. The van der Waals surface area contributed by atoms with Crippen LogP contribution in [-0.4, -0.2) is 25.5 Å². The molecule has 7 nitrogen and oxygen atoms in total. The van der Waals surface area contributed by atoms with Crippen LogP contribution >= 0.6 is 0 Å². The van der Waals surface area contributed by atoms with Crippen LogP contribution < -0.4 is 10.1 Å². The number of ether oxygens (including phenoxy) is 1. The standard InChI is InChI=1S/C28H25N5O2/c1-21-6-5-7-22(16-21)18-33-19-25(17-29-33)30-28(34)27-14-15-32(31-27)20-35-26-12-10-24(11-13-26)23-8-3-2-4-9-23/h2-17,19H,18,20H2,1H3,(H,30,34). The molecule has 1 amide bonds. The van der Waals surface area contributed by atoms with Gasteiger partial charge in [0, 0.05) is 12.4 Å². The van der Waals surface area contributed by atoms with Crippen LogP contribution in [0.1, 0.15) is 21.6 Å². The van der Waals surface area contributed by atoms with Gasteiger partial charge in [-0.15, -0.1) is 0 Å². The van der Waals surface area contributed by atoms with E-state index in [2.05, 4.69) is 52.8 Å². The molecule has 3 aromatic carbocycles. The van der Waals surface area contributed by atoms with Crippen LogP contribution in [0.5, 0.6) is 5.75 Å². The van der Waals surface area contributed by atoms with Crippen LogP contribution in [0.2, 0.25) is 0 Å². The van der Waals surface area contributed by atoms with E-state index >= 15 is 0 Å². The summed E-state index contributed by atoms with van der Waals surface area (Å²) in [5, 5.41) is 11.5. The number of aryl methyl sites for hydroxylation is 1. The van der Waals surface area contributed by atoms with Gasteiger partial charge in [0.05, 0.1) is 18.4 Å². The van der Waals surface area contributed by atoms with Crippen LogP contribution in [0.25, 0.3) is 11.1 Å². The van der Waals surface area contributed by atoms with Gasteiger partial charge in [0.15, 0.2) is 12.4 Å². The first-order chi connectivity index (χ1) is 17.1. The summed E-state index contributed by atoms with van der Waals surface area (Å²) in [6.45, 7) is 2.90. The molecular weight excluding hydrogens is 438 g/mol. The molecule has 0 saturated heterocycles. The van der Waals surface area contributed by atoms with Gasteiger partial charge in [-0.2, -0.15) is 10.2 Å². The average Bonchev–Trinajstić information content (AvgIpc) is 3.53. The minimum absolute atomic E-state index is 0.201. The van der Waals surface area contributed by atoms with Crippen molar-refractivity contribution in [3.63, 3.8) is 0 Å². The average molecular weight is 464 g/mol. The monoisotopic (exact) mass is 463 g/mol. The number of nitrogens with one attached hydrogen (secondary N) is 1. The van der Waals surface area contributed by atoms with Crippen molar-refractivity contribution in [2.24, 2.45) is 0 Å². The quantitative estimate of drug-likeness (QED) is 0.335. The van der Waals surface area contributed by atoms with Gasteiger partial charge in [0.1, 0.15) is 5.75 Å². The first kappa shape index (κ1) is 22.2. The highest BCUT2D eigenvalue weighted by Gasteiger charge is 2.11. The molecule has 0 aliphatic heterocycles. The Morgan fingerprint density at radius 2 is 1.71 bits per heavy atom. The number of nitrogens with zero attached hydrogens (tertiary/aromatic N) is 4. The molecule has 5 aromatic rings. The molecule has 2 aromatic heterocycles. The lowest BCUT2D eigenvalue weighted by atomic mass is 10.1. The number of carbonyl (C=O) groups excluding carboxylic acids is 1. The third-order valence-electron chi connectivity index (χ3n) is 5.52. The molecule has 0 aliphatic carbocycles. The summed E-state index contributed by atoms with van der Waals surface area (Å²) in [6, 6.07) is 28.0. The van der Waals surface area contributed by atoms with Crippen molar-refractivity contribution >= 4 is 11.6 Å². The molecule has 0 aliphatic rings. The first-order valence-electron chi connectivity index (χ1n) is 11.3. The molecule has 0 radical (unpaired) electrons. The van der Waals surface area contributed by atoms with Crippen LogP contribution in [-0.2, 0) is 13.3 Å². The number of hydrogen-bond donors (Lipinski definition) is 1. The number of rotatable bonds is 8. The summed E-state index contributed by atoms with van der Waals surface area (Å²) in [5.74, 6) is 0.429. The molecule has 0 unspecified atom stereocenters. The van der Waals surface area contributed by atoms with Crippen LogP contribution in [0.3, 0.4) is 0 Å². The molecule has 2 heterocycles. The Bertz CT molecular complexity index is 1420. The normalized spacial score (nSPS) is 10.8. The molecule has 174 valence electrons. The van der Waals surface area contributed by atoms with Crippen molar-refractivity contribution in [3.8, 4) is 16.9 Å². The van der Waals surface area contributed by atoms with Gasteiger partial charge in [-0.1, -0.05) is 72.3 Å². The summed E-state index contributed by atoms with van der Waals surface area (Å²) >= 11 is 0. The van der Waals surface area contributed by atoms with Crippen molar-refractivity contribution in [3.05, 3.63) is 120 Å². The van der Waals surface area contributed by atoms with Crippen LogP contribution in [0.4, 0.5) is 5.69 Å². The molecule has 0 bridgehead atoms. The lowest BCUT2D eigenvalue weighted by Crippen LogP contribution is -2.14. The zero-order chi connectivity index (χ0) is 24.0. The third-order valence-corrected chi connectivity index (χ3v) is 5.52. The topological polar surface area (TPSA) is 74.0 Å². The highest BCUT2D eigenvalue weighted by Crippen LogP contribution is 2.22. The van der Waals surface area contributed by atoms with E-state index in [9.17, 15) is 4.79 Å². The highest BCUT2D eigenvalue weighted by molar-refractivity contribution is 6.02. The van der Waals surface area contributed by atoms with Crippen molar-refractivity contribution in [2.45, 2.75) is 20.2 Å². The summed E-state index contributed by atoms with van der Waals surface area (Å²) in [5.41, 5.74) is 5.55. The fourth-order valence-electron chi connectivity index (χ4n) is 3.78. The Kier molecular flexibility index (Phi) is 6.39. The second kappa shape index (κ2) is 10.1. The predicted molar refractivity (Wildman–Crippen MR) is 135 cm³/mol. The summed E-state index contributed by atoms with van der Waals surface area (Å²) in [4.78, 5) is 12.6. The largest absolute Gasteiger partial charge is 0.471 e. The van der Waals surface area contributed by atoms with E-state index in [0.717, 1.165) is 22.4 Å². The van der Waals surface area contributed by atoms with Gasteiger partial charge >= 0.3 is 0 Å². The molecule has 35 heavy (non-hydrogen) atoms. The minimum Gasteiger partial charge on any atom is -0.471 e. The summed E-state index contributed by atoms with van der Waals surface area (Å²) in [7, 11) is 0. The lowest BCUT2D eigenvalue weighted by Gasteiger charge is -2.07. The summed E-state index contributed by atoms with van der Waals surface area (Å²) in [6.07, 6.45) is 5.15. The third kappa shape index (κ3) is 5.65. The van der Waals surface area contributed by atoms with Crippen molar-refractivity contribution < 1.29 is 9.53 Å². The second-order valence-electron chi connectivity index (χ2n) is 8.27. The maximum Gasteiger partial charge on any atom is 0.276 e. The number of aromatic nitrogens is 4. The zero-order valence-electron chi connectivity index (χ0n) is 19.3. The van der Waals surface area contributed by atoms with Gasteiger partial charge in [-0.3, -0.25) is 9.48 Å². The highest BCUT2D eigenvalue weighted by atomic mass is 16.5. The second-order valence-corrected chi connectivity index (χ2v) is 8.27. The number of benzene rings is 3. The number of hydrogen-bond acceptors (Lipinski definition) is 4. The molecule has 1 N–H and O–H groups in total. The molecule has 0 saturated carbocycles. The SMILES string of the molecule is Cc1cccc(Cn2cc(NC(=O)c3ccn(COc4ccc(-c5ccccc5)cc4)n3)cn2)c1. The van der Waals surface area contributed by atoms with Gasteiger partial charge in [-0.05, 0) is 41.8 Å². The van der Waals surface area contributed by atoms with Crippen LogP contribution in [0.15, 0.2) is 104 Å². The van der Waals surface area contributed by atoms with Gasteiger partial charge in [0.2, 0.25) is 0 Å². The Morgan fingerprint density at radius 1 is 0.914 bits per heavy atom. The Hall–Kier alpha value is -4.65. The van der Waals surface area contributed by atoms with E-state index in [4.69, 9.17) is 4.74 Å². The predicted octanol–water partition coefficient (Wildman–Crippen LogP) is 5.39. The Morgan fingerprint density at radius 3 is 2.51 bits per heavy atom. The van der Waals surface area contributed by atoms with Gasteiger partial charge in [0.25, 0.3) is 5.91 Å². The zero-order valence-corrected chi connectivity index (χ0v) is 19.3. The van der Waals surface area contributed by atoms with Crippen molar-refractivity contribution in [1.29, 1.82) is 0 Å². The summed E-state index contributed by atoms with van der Waals surface area (Å²) < 4.78 is 9.19. The Labute approximate surface area is 203 Å². The van der Waals surface area contributed by atoms with E-state index in [1.807, 2.05) is 48.5 Å². The maximum absolute atomic E-state index is 12.6. The number of anilines is 1. The van der Waals surface area contributed by atoms with Crippen molar-refractivity contribution in [2.75, 3.05) is 5.32 Å². The molecule has 0 atom stereocenters. The lowest BCUT2D eigenvalue weighted by molar-refractivity contribution is 0.102. The van der Waals surface area contributed by atoms with E-state index in [1.165, 1.54) is 5.56 Å². The number of amides is 1. The molecule has 5 rings (SSSR count). The van der Waals surface area contributed by atoms with Gasteiger partial charge < -0.3 is 10.1 Å². The smallest absolute Gasteiger partial charge is 0.276 e. The molecule has 7 heteroatoms. The van der Waals surface area contributed by atoms with Crippen LogP contribution in [0, 0.1) is 6.92 Å².